The second-order valence-electron chi connectivity index (χ2n) is 7.74. The van der Waals surface area contributed by atoms with Crippen LogP contribution in [0, 0.1) is 6.92 Å². The number of ether oxygens (including phenoxy) is 2. The summed E-state index contributed by atoms with van der Waals surface area (Å²) in [6.07, 6.45) is 0. The summed E-state index contributed by atoms with van der Waals surface area (Å²) in [6.45, 7) is 1.66. The SMILES string of the molecule is COc1cc([C@@H]2SCC(=O)N2c2ccc(Cl)cc2)cc(Br)c1OCC(=O)Nc1ccc(C)c(Cl)c1. The van der Waals surface area contributed by atoms with Gasteiger partial charge in [0.2, 0.25) is 5.91 Å². The Hall–Kier alpha value is -2.39. The van der Waals surface area contributed by atoms with Gasteiger partial charge in [-0.05, 0) is 82.5 Å². The maximum Gasteiger partial charge on any atom is 0.262 e. The number of anilines is 2. The highest BCUT2D eigenvalue weighted by atomic mass is 79.9. The minimum absolute atomic E-state index is 0.00520. The van der Waals surface area contributed by atoms with Crippen LogP contribution in [0.25, 0.3) is 0 Å². The number of aryl methyl sites for hydroxylation is 1. The summed E-state index contributed by atoms with van der Waals surface area (Å²) in [4.78, 5) is 26.8. The van der Waals surface area contributed by atoms with Gasteiger partial charge in [-0.2, -0.15) is 0 Å². The third kappa shape index (κ3) is 5.89. The molecule has 1 heterocycles. The second-order valence-corrected chi connectivity index (χ2v) is 10.5. The van der Waals surface area contributed by atoms with Gasteiger partial charge in [0.05, 0.1) is 17.3 Å². The Kier molecular flexibility index (Phi) is 8.16. The third-order valence-corrected chi connectivity index (χ3v) is 7.77. The molecule has 1 aliphatic heterocycles. The van der Waals surface area contributed by atoms with Crippen molar-refractivity contribution in [2.45, 2.75) is 12.3 Å². The van der Waals surface area contributed by atoms with Gasteiger partial charge in [-0.15, -0.1) is 11.8 Å². The highest BCUT2D eigenvalue weighted by molar-refractivity contribution is 9.10. The number of carbonyl (C=O) groups is 2. The van der Waals surface area contributed by atoms with Crippen LogP contribution in [-0.2, 0) is 9.59 Å². The van der Waals surface area contributed by atoms with Gasteiger partial charge < -0.3 is 14.8 Å². The molecule has 0 spiro atoms. The number of halogens is 3. The van der Waals surface area contributed by atoms with E-state index in [9.17, 15) is 9.59 Å². The fraction of sp³-hybridized carbons (Fsp3) is 0.200. The number of nitrogens with zero attached hydrogens (tertiary/aromatic N) is 1. The number of nitrogens with one attached hydrogen (secondary N) is 1. The lowest BCUT2D eigenvalue weighted by atomic mass is 10.1. The molecule has 0 saturated carbocycles. The average molecular weight is 596 g/mol. The first kappa shape index (κ1) is 25.7. The van der Waals surface area contributed by atoms with E-state index in [0.29, 0.717) is 37.5 Å². The molecular weight excluding hydrogens is 575 g/mol. The van der Waals surface area contributed by atoms with E-state index >= 15 is 0 Å². The van der Waals surface area contributed by atoms with Gasteiger partial charge >= 0.3 is 0 Å². The van der Waals surface area contributed by atoms with Crippen LogP contribution in [-0.4, -0.2) is 31.3 Å². The molecule has 1 N–H and O–H groups in total. The number of thioether (sulfide) groups is 1. The molecule has 1 atom stereocenters. The Morgan fingerprint density at radius 2 is 1.91 bits per heavy atom. The number of methoxy groups -OCH3 is 1. The minimum Gasteiger partial charge on any atom is -0.493 e. The molecule has 2 amide bonds. The van der Waals surface area contributed by atoms with Gasteiger partial charge in [0.1, 0.15) is 5.37 Å². The molecule has 4 rings (SSSR count). The number of hydrogen-bond donors (Lipinski definition) is 1. The lowest BCUT2D eigenvalue weighted by Gasteiger charge is -2.25. The van der Waals surface area contributed by atoms with E-state index < -0.39 is 0 Å². The molecule has 0 bridgehead atoms. The van der Waals surface area contributed by atoms with Crippen molar-refractivity contribution in [3.63, 3.8) is 0 Å². The topological polar surface area (TPSA) is 67.9 Å². The quantitative estimate of drug-likeness (QED) is 0.323. The number of amides is 2. The van der Waals surface area contributed by atoms with Crippen LogP contribution in [0.4, 0.5) is 11.4 Å². The summed E-state index contributed by atoms with van der Waals surface area (Å²) in [6, 6.07) is 16.1. The molecule has 35 heavy (non-hydrogen) atoms. The van der Waals surface area contributed by atoms with Gasteiger partial charge in [0.25, 0.3) is 5.91 Å². The first-order valence-electron chi connectivity index (χ1n) is 10.5. The standard InChI is InChI=1S/C25H21BrCl2N2O4S/c1-14-3-6-17(11-20(14)28)29-22(31)12-34-24-19(26)9-15(10-21(24)33-2)25-30(23(32)13-35-25)18-7-4-16(27)5-8-18/h3-11,25H,12-13H2,1-2H3,(H,29,31)/t25-/m0/s1. The molecule has 0 radical (unpaired) electrons. The molecule has 0 aliphatic carbocycles. The predicted octanol–water partition coefficient (Wildman–Crippen LogP) is 6.87. The molecule has 10 heteroatoms. The lowest BCUT2D eigenvalue weighted by molar-refractivity contribution is -0.118. The van der Waals surface area contributed by atoms with Crippen LogP contribution in [0.1, 0.15) is 16.5 Å². The third-order valence-electron chi connectivity index (χ3n) is 5.31. The zero-order chi connectivity index (χ0) is 25.1. The van der Waals surface area contributed by atoms with Crippen molar-refractivity contribution in [3.8, 4) is 11.5 Å². The van der Waals surface area contributed by atoms with E-state index in [0.717, 1.165) is 16.8 Å². The molecule has 1 saturated heterocycles. The number of hydrogen-bond acceptors (Lipinski definition) is 5. The van der Waals surface area contributed by atoms with Crippen LogP contribution < -0.4 is 19.7 Å². The fourth-order valence-electron chi connectivity index (χ4n) is 3.58. The smallest absolute Gasteiger partial charge is 0.262 e. The summed E-state index contributed by atoms with van der Waals surface area (Å²) >= 11 is 17.2. The van der Waals surface area contributed by atoms with E-state index in [1.807, 2.05) is 37.3 Å². The zero-order valence-electron chi connectivity index (χ0n) is 18.8. The van der Waals surface area contributed by atoms with Gasteiger partial charge in [-0.1, -0.05) is 29.3 Å². The van der Waals surface area contributed by atoms with Gasteiger partial charge in [0.15, 0.2) is 18.1 Å². The van der Waals surface area contributed by atoms with Gasteiger partial charge in [-0.3, -0.25) is 14.5 Å². The Morgan fingerprint density at radius 3 is 2.60 bits per heavy atom. The van der Waals surface area contributed by atoms with E-state index in [1.54, 1.807) is 29.2 Å². The fourth-order valence-corrected chi connectivity index (χ4v) is 5.62. The molecule has 6 nitrogen and oxygen atoms in total. The summed E-state index contributed by atoms with van der Waals surface area (Å²) in [5, 5.41) is 3.68. The van der Waals surface area contributed by atoms with Crippen molar-refractivity contribution in [3.05, 3.63) is 80.2 Å². The monoisotopic (exact) mass is 594 g/mol. The van der Waals surface area contributed by atoms with Crippen LogP contribution in [0.3, 0.4) is 0 Å². The largest absolute Gasteiger partial charge is 0.493 e. The van der Waals surface area contributed by atoms with Crippen LogP contribution in [0.2, 0.25) is 10.0 Å². The second kappa shape index (κ2) is 11.1. The molecule has 182 valence electrons. The van der Waals surface area contributed by atoms with E-state index in [4.69, 9.17) is 32.7 Å². The van der Waals surface area contributed by atoms with Crippen LogP contribution >= 0.6 is 50.9 Å². The molecule has 3 aromatic carbocycles. The summed E-state index contributed by atoms with van der Waals surface area (Å²) < 4.78 is 12.0. The highest BCUT2D eigenvalue weighted by Crippen LogP contribution is 2.46. The van der Waals surface area contributed by atoms with E-state index in [2.05, 4.69) is 21.2 Å². The minimum atomic E-state index is -0.339. The Labute approximate surface area is 226 Å². The first-order chi connectivity index (χ1) is 16.8. The Morgan fingerprint density at radius 1 is 1.17 bits per heavy atom. The molecule has 3 aromatic rings. The number of rotatable bonds is 7. The highest BCUT2D eigenvalue weighted by Gasteiger charge is 2.35. The van der Waals surface area contributed by atoms with Gasteiger partial charge in [-0.25, -0.2) is 0 Å². The van der Waals surface area contributed by atoms with Crippen LogP contribution in [0.5, 0.6) is 11.5 Å². The van der Waals surface area contributed by atoms with Crippen LogP contribution in [0.15, 0.2) is 59.1 Å². The van der Waals surface area contributed by atoms with E-state index in [1.165, 1.54) is 18.9 Å². The van der Waals surface area contributed by atoms with Crippen molar-refractivity contribution < 1.29 is 19.1 Å². The summed E-state index contributed by atoms with van der Waals surface area (Å²) in [5.74, 6) is 0.853. The van der Waals surface area contributed by atoms with Crippen molar-refractivity contribution in [2.75, 3.05) is 29.7 Å². The lowest BCUT2D eigenvalue weighted by Crippen LogP contribution is -2.27. The predicted molar refractivity (Wildman–Crippen MR) is 145 cm³/mol. The van der Waals surface area contributed by atoms with E-state index in [-0.39, 0.29) is 23.8 Å². The number of carbonyl (C=O) groups excluding carboxylic acids is 2. The molecule has 0 unspecified atom stereocenters. The number of benzene rings is 3. The van der Waals surface area contributed by atoms with Crippen molar-refractivity contribution >= 4 is 74.1 Å². The Bertz CT molecular complexity index is 1270. The Balaban J connectivity index is 1.51. The summed E-state index contributed by atoms with van der Waals surface area (Å²) in [7, 11) is 1.52. The summed E-state index contributed by atoms with van der Waals surface area (Å²) in [5.41, 5.74) is 3.12. The zero-order valence-corrected chi connectivity index (χ0v) is 22.7. The van der Waals surface area contributed by atoms with Crippen molar-refractivity contribution in [1.29, 1.82) is 0 Å². The first-order valence-corrected chi connectivity index (χ1v) is 13.1. The van der Waals surface area contributed by atoms with Crippen molar-refractivity contribution in [2.24, 2.45) is 0 Å². The van der Waals surface area contributed by atoms with Crippen molar-refractivity contribution in [1.82, 2.24) is 0 Å². The normalized spacial score (nSPS) is 15.3. The average Bonchev–Trinajstić information content (AvgIpc) is 3.22. The van der Waals surface area contributed by atoms with Gasteiger partial charge in [0, 0.05) is 21.4 Å². The maximum atomic E-state index is 12.7. The molecular formula is C25H21BrCl2N2O4S. The maximum absolute atomic E-state index is 12.7. The molecule has 0 aromatic heterocycles. The molecule has 1 fully saturated rings. The molecule has 1 aliphatic rings.